The molecule has 1 aromatic heterocycles. The van der Waals surface area contributed by atoms with Crippen LogP contribution in [0.25, 0.3) is 5.69 Å². The Balaban J connectivity index is 1.66. The summed E-state index contributed by atoms with van der Waals surface area (Å²) in [7, 11) is 3.06. The Morgan fingerprint density at radius 3 is 2.46 bits per heavy atom. The number of Topliss-reactive ketones (excluding diaryl/α,β-unsaturated/α-hetero) is 4. The van der Waals surface area contributed by atoms with Crippen molar-refractivity contribution in [1.82, 2.24) is 9.47 Å². The van der Waals surface area contributed by atoms with Gasteiger partial charge in [0.15, 0.2) is 40.9 Å². The molecule has 2 saturated carbocycles. The zero-order chi connectivity index (χ0) is 27.0. The molecule has 1 aromatic carbocycles. The number of phenolic OH excluding ortho intramolecular Hbond substituents is 1. The van der Waals surface area contributed by atoms with E-state index in [2.05, 4.69) is 0 Å². The molecular formula is C26H25N3O8. The standard InChI is InChI=1S/C26H25N3O8/c1-28(2)20-14-8-12-7-13-15(29-6-5-11(9-29)10-30)3-4-16(31)18(13)21(32)17(12)23(34)26(14,37)24(35)19(22(20)33)25(27)36/h3-6,9-10,12,14,17,19-20,31,37H,7-8H2,1-2H3,(H2,27,36)/t12-,14-,17?,19?,20-,26-/m0/s1. The van der Waals surface area contributed by atoms with Gasteiger partial charge in [-0.1, -0.05) is 0 Å². The predicted molar refractivity (Wildman–Crippen MR) is 126 cm³/mol. The lowest BCUT2D eigenvalue weighted by atomic mass is 9.52. The summed E-state index contributed by atoms with van der Waals surface area (Å²) in [5.41, 5.74) is 3.82. The molecule has 2 aromatic rings. The quantitative estimate of drug-likeness (QED) is 0.363. The fraction of sp³-hybridized carbons (Fsp3) is 0.385. The van der Waals surface area contributed by atoms with Crippen molar-refractivity contribution in [1.29, 1.82) is 0 Å². The van der Waals surface area contributed by atoms with Crippen molar-refractivity contribution in [2.24, 2.45) is 29.4 Å². The number of aromatic nitrogens is 1. The fourth-order valence-electron chi connectivity index (χ4n) is 6.46. The molecule has 0 aliphatic heterocycles. The first kappa shape index (κ1) is 24.7. The van der Waals surface area contributed by atoms with Crippen LogP contribution in [0.15, 0.2) is 30.6 Å². The Hall–Kier alpha value is -3.96. The maximum absolute atomic E-state index is 13.8. The van der Waals surface area contributed by atoms with Crippen molar-refractivity contribution in [3.05, 3.63) is 47.3 Å². The molecule has 0 bridgehead atoms. The number of ketones is 4. The van der Waals surface area contributed by atoms with E-state index in [0.717, 1.165) is 0 Å². The molecule has 37 heavy (non-hydrogen) atoms. The van der Waals surface area contributed by atoms with Crippen molar-refractivity contribution >= 4 is 35.3 Å². The number of primary amides is 1. The first-order chi connectivity index (χ1) is 17.4. The van der Waals surface area contributed by atoms with Crippen molar-refractivity contribution in [3.8, 4) is 11.4 Å². The van der Waals surface area contributed by atoms with E-state index in [1.807, 2.05) is 0 Å². The summed E-state index contributed by atoms with van der Waals surface area (Å²) in [4.78, 5) is 78.6. The van der Waals surface area contributed by atoms with Crippen molar-refractivity contribution < 1.29 is 39.0 Å². The number of aromatic hydroxyl groups is 1. The minimum absolute atomic E-state index is 0.0374. The van der Waals surface area contributed by atoms with Gasteiger partial charge in [0, 0.05) is 29.6 Å². The van der Waals surface area contributed by atoms with Gasteiger partial charge in [0.2, 0.25) is 5.91 Å². The highest BCUT2D eigenvalue weighted by Gasteiger charge is 2.69. The molecule has 5 rings (SSSR count). The van der Waals surface area contributed by atoms with E-state index in [1.165, 1.54) is 25.1 Å². The Bertz CT molecular complexity index is 1410. The monoisotopic (exact) mass is 507 g/mol. The van der Waals surface area contributed by atoms with Crippen LogP contribution in [0, 0.1) is 23.7 Å². The molecule has 0 saturated heterocycles. The maximum Gasteiger partial charge on any atom is 0.235 e. The molecule has 4 N–H and O–H groups in total. The Labute approximate surface area is 210 Å². The van der Waals surface area contributed by atoms with Crippen LogP contribution in [0.3, 0.4) is 0 Å². The van der Waals surface area contributed by atoms with E-state index in [-0.39, 0.29) is 24.2 Å². The second-order valence-electron chi connectivity index (χ2n) is 10.2. The average Bonchev–Trinajstić information content (AvgIpc) is 3.30. The van der Waals surface area contributed by atoms with E-state index in [0.29, 0.717) is 23.1 Å². The summed E-state index contributed by atoms with van der Waals surface area (Å²) in [6, 6.07) is 3.31. The lowest BCUT2D eigenvalue weighted by Crippen LogP contribution is -2.74. The zero-order valence-electron chi connectivity index (χ0n) is 20.1. The van der Waals surface area contributed by atoms with E-state index in [4.69, 9.17) is 5.73 Å². The molecule has 3 aliphatic carbocycles. The number of aldehydes is 1. The molecule has 2 fully saturated rings. The van der Waals surface area contributed by atoms with Gasteiger partial charge in [-0.05, 0) is 56.6 Å². The molecule has 0 spiro atoms. The molecule has 0 radical (unpaired) electrons. The summed E-state index contributed by atoms with van der Waals surface area (Å²) < 4.78 is 1.63. The van der Waals surface area contributed by atoms with Gasteiger partial charge in [-0.15, -0.1) is 0 Å². The first-order valence-electron chi connectivity index (χ1n) is 11.8. The number of benzene rings is 1. The van der Waals surface area contributed by atoms with Gasteiger partial charge in [-0.25, -0.2) is 0 Å². The van der Waals surface area contributed by atoms with Crippen LogP contribution < -0.4 is 5.73 Å². The Kier molecular flexibility index (Phi) is 5.54. The minimum atomic E-state index is -2.76. The van der Waals surface area contributed by atoms with Crippen LogP contribution >= 0.6 is 0 Å². The van der Waals surface area contributed by atoms with Gasteiger partial charge in [-0.2, -0.15) is 0 Å². The average molecular weight is 507 g/mol. The van der Waals surface area contributed by atoms with Crippen molar-refractivity contribution in [2.75, 3.05) is 14.1 Å². The Morgan fingerprint density at radius 1 is 1.16 bits per heavy atom. The van der Waals surface area contributed by atoms with Gasteiger partial charge in [0.25, 0.3) is 0 Å². The number of nitrogens with two attached hydrogens (primary N) is 1. The fourth-order valence-corrected chi connectivity index (χ4v) is 6.46. The molecular weight excluding hydrogens is 482 g/mol. The number of nitrogens with zero attached hydrogens (tertiary/aromatic N) is 2. The molecule has 11 nitrogen and oxygen atoms in total. The third-order valence-electron chi connectivity index (χ3n) is 8.05. The number of rotatable bonds is 4. The normalized spacial score (nSPS) is 31.1. The molecule has 11 heteroatoms. The second kappa shape index (κ2) is 8.29. The highest BCUT2D eigenvalue weighted by molar-refractivity contribution is 6.32. The SMILES string of the molecule is CN(C)[C@@H]1C(=O)C(C(N)=O)C(=O)[C@@]2(O)C(=O)C3C(=O)c4c(O)ccc(-n5ccc(C=O)c5)c4C[C@H]3C[C@@H]12. The topological polar surface area (TPSA) is 177 Å². The maximum atomic E-state index is 13.8. The lowest BCUT2D eigenvalue weighted by molar-refractivity contribution is -0.181. The zero-order valence-corrected chi connectivity index (χ0v) is 20.1. The summed E-state index contributed by atoms with van der Waals surface area (Å²) in [5.74, 6) is -10.9. The van der Waals surface area contributed by atoms with Gasteiger partial charge in [0.05, 0.1) is 17.5 Å². The number of phenols is 1. The van der Waals surface area contributed by atoms with E-state index < -0.39 is 64.4 Å². The van der Waals surface area contributed by atoms with Crippen molar-refractivity contribution in [2.45, 2.75) is 24.5 Å². The van der Waals surface area contributed by atoms with Crippen molar-refractivity contribution in [3.63, 3.8) is 0 Å². The number of carbonyl (C=O) groups is 6. The van der Waals surface area contributed by atoms with Crippen LogP contribution in [0.4, 0.5) is 0 Å². The molecule has 3 aliphatic rings. The summed E-state index contributed by atoms with van der Waals surface area (Å²) in [5, 5.41) is 22.2. The highest BCUT2D eigenvalue weighted by atomic mass is 16.3. The molecule has 1 heterocycles. The number of hydrogen-bond donors (Lipinski definition) is 3. The number of aliphatic hydroxyl groups is 1. The molecule has 6 atom stereocenters. The predicted octanol–water partition coefficient (Wildman–Crippen LogP) is -0.530. The van der Waals surface area contributed by atoms with E-state index in [9.17, 15) is 39.0 Å². The largest absolute Gasteiger partial charge is 0.507 e. The van der Waals surface area contributed by atoms with Crippen LogP contribution in [0.2, 0.25) is 0 Å². The van der Waals surface area contributed by atoms with Crippen LogP contribution in [0.1, 0.15) is 32.7 Å². The summed E-state index contributed by atoms with van der Waals surface area (Å²) in [6.45, 7) is 0. The number of likely N-dealkylation sites (N-methyl/N-ethyl adjacent to an activating group) is 1. The van der Waals surface area contributed by atoms with Gasteiger partial charge in [0.1, 0.15) is 5.75 Å². The van der Waals surface area contributed by atoms with Crippen LogP contribution in [0.5, 0.6) is 5.75 Å². The Morgan fingerprint density at radius 2 is 1.86 bits per heavy atom. The van der Waals surface area contributed by atoms with E-state index in [1.54, 1.807) is 29.1 Å². The van der Waals surface area contributed by atoms with Crippen LogP contribution in [-0.4, -0.2) is 80.7 Å². The highest BCUT2D eigenvalue weighted by Crippen LogP contribution is 2.51. The smallest absolute Gasteiger partial charge is 0.235 e. The molecule has 192 valence electrons. The van der Waals surface area contributed by atoms with E-state index >= 15 is 0 Å². The summed E-state index contributed by atoms with van der Waals surface area (Å²) in [6.07, 6.45) is 3.95. The third-order valence-corrected chi connectivity index (χ3v) is 8.05. The van der Waals surface area contributed by atoms with Crippen LogP contribution in [-0.2, 0) is 25.6 Å². The molecule has 1 amide bonds. The number of carbonyl (C=O) groups excluding carboxylic acids is 6. The summed E-state index contributed by atoms with van der Waals surface area (Å²) >= 11 is 0. The van der Waals surface area contributed by atoms with Gasteiger partial charge < -0.3 is 20.5 Å². The van der Waals surface area contributed by atoms with Gasteiger partial charge in [-0.3, -0.25) is 33.7 Å². The molecule has 2 unspecified atom stereocenters. The number of hydrogen-bond acceptors (Lipinski definition) is 9. The first-order valence-corrected chi connectivity index (χ1v) is 11.8. The number of fused-ring (bicyclic) bond motifs is 3. The third kappa shape index (κ3) is 3.27. The minimum Gasteiger partial charge on any atom is -0.507 e. The second-order valence-corrected chi connectivity index (χ2v) is 10.2. The van der Waals surface area contributed by atoms with Gasteiger partial charge >= 0.3 is 0 Å². The number of amides is 1. The lowest BCUT2D eigenvalue weighted by Gasteiger charge is -2.52.